The first kappa shape index (κ1) is 16.8. The second-order valence-electron chi connectivity index (χ2n) is 6.65. The molecular formula is C20H20BF2N3. The molecule has 0 saturated carbocycles. The molecule has 0 radical (unpaired) electrons. The number of rotatable bonds is 4. The van der Waals surface area contributed by atoms with Gasteiger partial charge in [-0.05, 0) is 48.6 Å². The van der Waals surface area contributed by atoms with E-state index in [-0.39, 0.29) is 0 Å². The summed E-state index contributed by atoms with van der Waals surface area (Å²) in [5, 5.41) is 0. The Labute approximate surface area is 152 Å². The summed E-state index contributed by atoms with van der Waals surface area (Å²) in [6, 6.07) is 11.4. The van der Waals surface area contributed by atoms with Crippen LogP contribution in [0.2, 0.25) is 0 Å². The molecule has 0 unspecified atom stereocenters. The monoisotopic (exact) mass is 351 g/mol. The zero-order valence-corrected chi connectivity index (χ0v) is 14.5. The van der Waals surface area contributed by atoms with Gasteiger partial charge in [0, 0.05) is 25.0 Å². The SMILES string of the molecule is FB(F)n1cc(-c2ccccc2)cc1/C=C1\C=C(N2CCCCC2)C=N1. The molecule has 2 aliphatic heterocycles. The molecule has 1 aromatic carbocycles. The third-order valence-corrected chi connectivity index (χ3v) is 4.86. The van der Waals surface area contributed by atoms with E-state index >= 15 is 0 Å². The van der Waals surface area contributed by atoms with Crippen LogP contribution in [0.1, 0.15) is 25.0 Å². The van der Waals surface area contributed by atoms with Gasteiger partial charge in [-0.2, -0.15) is 0 Å². The maximum atomic E-state index is 13.5. The molecule has 0 amide bonds. The Morgan fingerprint density at radius 1 is 1.00 bits per heavy atom. The van der Waals surface area contributed by atoms with E-state index < -0.39 is 7.40 Å². The Kier molecular flexibility index (Phi) is 4.74. The van der Waals surface area contributed by atoms with E-state index in [9.17, 15) is 8.63 Å². The molecule has 0 atom stereocenters. The smallest absolute Gasteiger partial charge is 0.370 e. The Morgan fingerprint density at radius 3 is 2.50 bits per heavy atom. The lowest BCUT2D eigenvalue weighted by Crippen LogP contribution is -2.29. The number of hydrogen-bond acceptors (Lipinski definition) is 2. The second kappa shape index (κ2) is 7.32. The number of nitrogens with zero attached hydrogens (tertiary/aromatic N) is 3. The van der Waals surface area contributed by atoms with E-state index in [2.05, 4.69) is 9.89 Å². The minimum absolute atomic E-state index is 0.460. The van der Waals surface area contributed by atoms with Crippen molar-refractivity contribution >= 4 is 19.7 Å². The van der Waals surface area contributed by atoms with E-state index in [0.29, 0.717) is 11.4 Å². The summed E-state index contributed by atoms with van der Waals surface area (Å²) in [5.41, 5.74) is 3.95. The predicted octanol–water partition coefficient (Wildman–Crippen LogP) is 4.72. The highest BCUT2D eigenvalue weighted by atomic mass is 19.2. The van der Waals surface area contributed by atoms with Gasteiger partial charge >= 0.3 is 7.40 Å². The number of piperidine rings is 1. The van der Waals surface area contributed by atoms with Crippen LogP contribution < -0.4 is 0 Å². The van der Waals surface area contributed by atoms with Gasteiger partial charge in [0.15, 0.2) is 0 Å². The summed E-state index contributed by atoms with van der Waals surface area (Å²) >= 11 is 0. The summed E-state index contributed by atoms with van der Waals surface area (Å²) in [7, 11) is -2.59. The average molecular weight is 351 g/mol. The van der Waals surface area contributed by atoms with Crippen LogP contribution in [-0.2, 0) is 0 Å². The summed E-state index contributed by atoms with van der Waals surface area (Å²) in [5.74, 6) is 0. The molecule has 2 aliphatic rings. The first-order valence-corrected chi connectivity index (χ1v) is 8.98. The highest BCUT2D eigenvalue weighted by Gasteiger charge is 2.21. The van der Waals surface area contributed by atoms with Crippen molar-refractivity contribution in [3.8, 4) is 11.1 Å². The summed E-state index contributed by atoms with van der Waals surface area (Å²) in [6.45, 7) is 2.08. The quantitative estimate of drug-likeness (QED) is 0.730. The zero-order valence-electron chi connectivity index (χ0n) is 14.5. The zero-order chi connectivity index (χ0) is 17.9. The molecule has 1 aromatic heterocycles. The third-order valence-electron chi connectivity index (χ3n) is 4.86. The first-order valence-electron chi connectivity index (χ1n) is 8.98. The van der Waals surface area contributed by atoms with Gasteiger partial charge in [0.1, 0.15) is 0 Å². The van der Waals surface area contributed by atoms with Crippen LogP contribution >= 0.6 is 0 Å². The van der Waals surface area contributed by atoms with Crippen molar-refractivity contribution in [2.24, 2.45) is 4.99 Å². The van der Waals surface area contributed by atoms with Crippen molar-refractivity contribution < 1.29 is 8.63 Å². The molecule has 0 aliphatic carbocycles. The number of benzene rings is 1. The fraction of sp³-hybridized carbons (Fsp3) is 0.250. The molecule has 26 heavy (non-hydrogen) atoms. The average Bonchev–Trinajstić information content (AvgIpc) is 3.31. The van der Waals surface area contributed by atoms with Crippen molar-refractivity contribution in [2.45, 2.75) is 19.3 Å². The summed E-state index contributed by atoms with van der Waals surface area (Å²) < 4.78 is 27.9. The minimum atomic E-state index is -2.59. The highest BCUT2D eigenvalue weighted by molar-refractivity contribution is 6.41. The van der Waals surface area contributed by atoms with E-state index in [4.69, 9.17) is 0 Å². The van der Waals surface area contributed by atoms with Gasteiger partial charge in [-0.1, -0.05) is 30.3 Å². The van der Waals surface area contributed by atoms with Gasteiger partial charge in [-0.25, -0.2) is 0 Å². The summed E-state index contributed by atoms with van der Waals surface area (Å²) in [4.78, 5) is 6.73. The fourth-order valence-electron chi connectivity index (χ4n) is 3.49. The minimum Gasteiger partial charge on any atom is -0.370 e. The van der Waals surface area contributed by atoms with Crippen molar-refractivity contribution in [2.75, 3.05) is 13.1 Å². The van der Waals surface area contributed by atoms with Gasteiger partial charge in [-0.15, -0.1) is 0 Å². The number of aliphatic imine (C=N–C) groups is 1. The highest BCUT2D eigenvalue weighted by Crippen LogP contribution is 2.26. The van der Waals surface area contributed by atoms with Gasteiger partial charge in [0.2, 0.25) is 0 Å². The van der Waals surface area contributed by atoms with Crippen molar-refractivity contribution in [1.82, 2.24) is 9.38 Å². The van der Waals surface area contributed by atoms with Crippen LogP contribution in [0.25, 0.3) is 17.2 Å². The summed E-state index contributed by atoms with van der Waals surface area (Å²) in [6.07, 6.45) is 10.7. The van der Waals surface area contributed by atoms with Crippen molar-refractivity contribution in [3.63, 3.8) is 0 Å². The van der Waals surface area contributed by atoms with Crippen molar-refractivity contribution in [1.29, 1.82) is 0 Å². The van der Waals surface area contributed by atoms with E-state index in [1.54, 1.807) is 12.1 Å². The fourth-order valence-corrected chi connectivity index (χ4v) is 3.49. The lowest BCUT2D eigenvalue weighted by Gasteiger charge is -2.28. The van der Waals surface area contributed by atoms with Crippen LogP contribution in [0.3, 0.4) is 0 Å². The van der Waals surface area contributed by atoms with Crippen LogP contribution in [0.4, 0.5) is 8.63 Å². The third kappa shape index (κ3) is 3.50. The van der Waals surface area contributed by atoms with Crippen LogP contribution in [0.15, 0.2) is 65.1 Å². The maximum Gasteiger partial charge on any atom is 0.677 e. The molecule has 132 valence electrons. The van der Waals surface area contributed by atoms with Gasteiger partial charge < -0.3 is 9.38 Å². The van der Waals surface area contributed by atoms with Gasteiger partial charge in [0.05, 0.1) is 17.6 Å². The molecule has 3 nitrogen and oxygen atoms in total. The number of likely N-dealkylation sites (tertiary alicyclic amines) is 1. The molecule has 3 heterocycles. The number of aromatic nitrogens is 1. The number of allylic oxidation sites excluding steroid dienone is 2. The lowest BCUT2D eigenvalue weighted by molar-refractivity contribution is 0.299. The Hall–Kier alpha value is -2.63. The largest absolute Gasteiger partial charge is 0.677 e. The molecule has 4 rings (SSSR count). The molecule has 2 aromatic rings. The van der Waals surface area contributed by atoms with E-state index in [0.717, 1.165) is 34.4 Å². The maximum absolute atomic E-state index is 13.5. The molecule has 0 spiro atoms. The molecule has 0 bridgehead atoms. The van der Waals surface area contributed by atoms with E-state index in [1.165, 1.54) is 25.5 Å². The van der Waals surface area contributed by atoms with E-state index in [1.807, 2.05) is 42.6 Å². The first-order chi connectivity index (χ1) is 12.7. The second-order valence-corrected chi connectivity index (χ2v) is 6.65. The van der Waals surface area contributed by atoms with Crippen LogP contribution in [-0.4, -0.2) is 36.1 Å². The Morgan fingerprint density at radius 2 is 1.77 bits per heavy atom. The Balaban J connectivity index is 1.63. The van der Waals surface area contributed by atoms with Gasteiger partial charge in [-0.3, -0.25) is 13.6 Å². The topological polar surface area (TPSA) is 20.5 Å². The van der Waals surface area contributed by atoms with Crippen molar-refractivity contribution in [3.05, 3.63) is 65.8 Å². The molecule has 6 heteroatoms. The Bertz CT molecular complexity index is 862. The van der Waals surface area contributed by atoms with Gasteiger partial charge in [0.25, 0.3) is 0 Å². The normalized spacial score (nSPS) is 18.5. The lowest BCUT2D eigenvalue weighted by atomic mass is 10.1. The number of halogens is 2. The molecule has 1 fully saturated rings. The molecule has 1 saturated heterocycles. The van der Waals surface area contributed by atoms with Crippen LogP contribution in [0, 0.1) is 0 Å². The standard InChI is InChI=1S/C20H20BF2N3/c22-21(23)26-15-17(16-7-3-1-4-8-16)11-19(26)12-18-13-20(14-24-18)25-9-5-2-6-10-25/h1,3-4,7-8,11-15H,2,5-6,9-10H2/b18-12+. The molecular weight excluding hydrogens is 331 g/mol. The molecule has 0 N–H and O–H groups in total. The predicted molar refractivity (Wildman–Crippen MR) is 103 cm³/mol. The van der Waals surface area contributed by atoms with Crippen LogP contribution in [0.5, 0.6) is 0 Å². The number of hydrogen-bond donors (Lipinski definition) is 0.